The molecule has 1 heterocycles. The second-order valence-electron chi connectivity index (χ2n) is 7.39. The van der Waals surface area contributed by atoms with E-state index in [9.17, 15) is 23.1 Å². The smallest absolute Gasteiger partial charge is 0.305 e. The van der Waals surface area contributed by atoms with Crippen molar-refractivity contribution in [2.24, 2.45) is 0 Å². The summed E-state index contributed by atoms with van der Waals surface area (Å²) in [6.45, 7) is 0.790. The van der Waals surface area contributed by atoms with Gasteiger partial charge in [0, 0.05) is 18.8 Å². The molecule has 1 amide bonds. The Hall–Kier alpha value is -1.93. The fourth-order valence-electron chi connectivity index (χ4n) is 3.90. The zero-order chi connectivity index (χ0) is 19.5. The Morgan fingerprint density at radius 1 is 1.11 bits per heavy atom. The van der Waals surface area contributed by atoms with Crippen molar-refractivity contribution in [3.8, 4) is 0 Å². The van der Waals surface area contributed by atoms with Crippen LogP contribution in [-0.4, -0.2) is 49.4 Å². The van der Waals surface area contributed by atoms with Crippen molar-refractivity contribution >= 4 is 21.7 Å². The topological polar surface area (TPSA) is 110 Å². The molecule has 1 saturated heterocycles. The monoisotopic (exact) mass is 395 g/mol. The van der Waals surface area contributed by atoms with Gasteiger partial charge in [-0.05, 0) is 49.9 Å². The van der Waals surface area contributed by atoms with Crippen molar-refractivity contribution < 1.29 is 27.9 Å². The first-order chi connectivity index (χ1) is 12.8. The van der Waals surface area contributed by atoms with E-state index in [0.29, 0.717) is 44.5 Å². The fourth-order valence-corrected chi connectivity index (χ4v) is 5.75. The van der Waals surface area contributed by atoms with Crippen LogP contribution < -0.4 is 5.32 Å². The maximum Gasteiger partial charge on any atom is 0.305 e. The molecule has 1 saturated carbocycles. The van der Waals surface area contributed by atoms with Crippen LogP contribution >= 0.6 is 0 Å². The maximum atomic E-state index is 12.6. The number of amides is 1. The molecular formula is C19H25NO6S. The van der Waals surface area contributed by atoms with Gasteiger partial charge >= 0.3 is 5.97 Å². The minimum Gasteiger partial charge on any atom is -0.481 e. The van der Waals surface area contributed by atoms with Gasteiger partial charge in [-0.25, -0.2) is 8.42 Å². The van der Waals surface area contributed by atoms with E-state index in [2.05, 4.69) is 5.32 Å². The highest BCUT2D eigenvalue weighted by molar-refractivity contribution is 7.92. The molecule has 1 aromatic carbocycles. The zero-order valence-corrected chi connectivity index (χ0v) is 16.0. The lowest BCUT2D eigenvalue weighted by Gasteiger charge is -2.36. The lowest BCUT2D eigenvalue weighted by atomic mass is 9.86. The molecule has 0 atom stereocenters. The van der Waals surface area contributed by atoms with E-state index in [0.717, 1.165) is 12.8 Å². The minimum atomic E-state index is -3.36. The quantitative estimate of drug-likeness (QED) is 0.764. The van der Waals surface area contributed by atoms with Gasteiger partial charge in [-0.1, -0.05) is 12.8 Å². The number of ether oxygens (including phenoxy) is 1. The van der Waals surface area contributed by atoms with Crippen LogP contribution in [0.25, 0.3) is 0 Å². The van der Waals surface area contributed by atoms with Gasteiger partial charge in [-0.3, -0.25) is 9.59 Å². The molecule has 7 nitrogen and oxygen atoms in total. The summed E-state index contributed by atoms with van der Waals surface area (Å²) in [5, 5.41) is 11.7. The fraction of sp³-hybridized carbons (Fsp3) is 0.579. The van der Waals surface area contributed by atoms with Crippen molar-refractivity contribution in [3.63, 3.8) is 0 Å². The summed E-state index contributed by atoms with van der Waals surface area (Å²) >= 11 is 0. The number of hydrogen-bond acceptors (Lipinski definition) is 5. The summed E-state index contributed by atoms with van der Waals surface area (Å²) < 4.78 is 30.5. The third kappa shape index (κ3) is 4.50. The molecule has 0 spiro atoms. The van der Waals surface area contributed by atoms with Gasteiger partial charge in [0.1, 0.15) is 0 Å². The molecule has 3 rings (SSSR count). The highest BCUT2D eigenvalue weighted by Gasteiger charge is 2.37. The number of hydrogen-bond donors (Lipinski definition) is 2. The Morgan fingerprint density at radius 3 is 2.26 bits per heavy atom. The highest BCUT2D eigenvalue weighted by Crippen LogP contribution is 2.30. The molecule has 1 aliphatic heterocycles. The van der Waals surface area contributed by atoms with E-state index in [1.165, 1.54) is 24.3 Å². The van der Waals surface area contributed by atoms with E-state index < -0.39 is 27.3 Å². The summed E-state index contributed by atoms with van der Waals surface area (Å²) in [5.41, 5.74) is -0.521. The normalized spacial score (nSPS) is 20.3. The molecule has 2 fully saturated rings. The molecule has 2 N–H and O–H groups in total. The first-order valence-electron chi connectivity index (χ1n) is 9.28. The number of sulfone groups is 1. The number of carboxylic acid groups (broad SMARTS) is 1. The lowest BCUT2D eigenvalue weighted by molar-refractivity contribution is -0.139. The van der Waals surface area contributed by atoms with Crippen LogP contribution in [0.5, 0.6) is 0 Å². The Kier molecular flexibility index (Phi) is 5.86. The molecule has 0 bridgehead atoms. The van der Waals surface area contributed by atoms with Gasteiger partial charge in [0.2, 0.25) is 0 Å². The van der Waals surface area contributed by atoms with E-state index in [1.54, 1.807) is 0 Å². The number of nitrogens with one attached hydrogen (secondary N) is 1. The number of benzene rings is 1. The SMILES string of the molecule is O=C(O)CC1(NC(=O)c2ccc(S(=O)(=O)C3CCCC3)cc2)CCOCC1. The van der Waals surface area contributed by atoms with Gasteiger partial charge in [-0.2, -0.15) is 0 Å². The highest BCUT2D eigenvalue weighted by atomic mass is 32.2. The van der Waals surface area contributed by atoms with Crippen molar-refractivity contribution in [1.82, 2.24) is 5.32 Å². The third-order valence-corrected chi connectivity index (χ3v) is 7.78. The predicted molar refractivity (Wildman–Crippen MR) is 98.4 cm³/mol. The number of aliphatic carboxylic acids is 1. The van der Waals surface area contributed by atoms with Crippen LogP contribution in [0.2, 0.25) is 0 Å². The van der Waals surface area contributed by atoms with Crippen LogP contribution in [0.4, 0.5) is 0 Å². The van der Waals surface area contributed by atoms with Crippen molar-refractivity contribution in [2.75, 3.05) is 13.2 Å². The average Bonchev–Trinajstić information content (AvgIpc) is 3.17. The maximum absolute atomic E-state index is 12.6. The number of carbonyl (C=O) groups is 2. The second-order valence-corrected chi connectivity index (χ2v) is 9.62. The van der Waals surface area contributed by atoms with Gasteiger partial charge in [0.15, 0.2) is 9.84 Å². The van der Waals surface area contributed by atoms with Gasteiger partial charge in [0.25, 0.3) is 5.91 Å². The number of carbonyl (C=O) groups excluding carboxylic acids is 1. The van der Waals surface area contributed by atoms with Crippen LogP contribution in [0.1, 0.15) is 55.3 Å². The molecule has 8 heteroatoms. The molecule has 2 aliphatic rings. The van der Waals surface area contributed by atoms with Gasteiger partial charge < -0.3 is 15.2 Å². The Morgan fingerprint density at radius 2 is 1.70 bits per heavy atom. The standard InChI is InChI=1S/C19H25NO6S/c21-17(22)13-19(9-11-26-12-10-19)20-18(23)14-5-7-16(8-6-14)27(24,25)15-3-1-2-4-15/h5-8,15H,1-4,9-13H2,(H,20,23)(H,21,22). The molecule has 1 aliphatic carbocycles. The van der Waals surface area contributed by atoms with Crippen LogP contribution in [0.3, 0.4) is 0 Å². The third-order valence-electron chi connectivity index (χ3n) is 5.50. The van der Waals surface area contributed by atoms with Crippen LogP contribution in [0.15, 0.2) is 29.2 Å². The van der Waals surface area contributed by atoms with Crippen molar-refractivity contribution in [3.05, 3.63) is 29.8 Å². The predicted octanol–water partition coefficient (Wildman–Crippen LogP) is 2.16. The average molecular weight is 395 g/mol. The van der Waals surface area contributed by atoms with E-state index in [-0.39, 0.29) is 16.6 Å². The Bertz CT molecular complexity index is 790. The molecule has 27 heavy (non-hydrogen) atoms. The van der Waals surface area contributed by atoms with Gasteiger partial charge in [0.05, 0.1) is 22.1 Å². The van der Waals surface area contributed by atoms with E-state index >= 15 is 0 Å². The van der Waals surface area contributed by atoms with Crippen LogP contribution in [0, 0.1) is 0 Å². The molecule has 0 unspecified atom stereocenters. The Balaban J connectivity index is 1.74. The van der Waals surface area contributed by atoms with E-state index in [4.69, 9.17) is 4.74 Å². The number of carboxylic acids is 1. The van der Waals surface area contributed by atoms with Crippen molar-refractivity contribution in [1.29, 1.82) is 0 Å². The number of rotatable bonds is 6. The van der Waals surface area contributed by atoms with Crippen LogP contribution in [-0.2, 0) is 19.4 Å². The molecule has 148 valence electrons. The zero-order valence-electron chi connectivity index (χ0n) is 15.1. The molecular weight excluding hydrogens is 370 g/mol. The summed E-state index contributed by atoms with van der Waals surface area (Å²) in [6, 6.07) is 5.92. The molecule has 0 aromatic heterocycles. The lowest BCUT2D eigenvalue weighted by Crippen LogP contribution is -2.53. The summed E-state index contributed by atoms with van der Waals surface area (Å²) in [4.78, 5) is 24.1. The summed E-state index contributed by atoms with van der Waals surface area (Å²) in [5.74, 6) is -1.38. The summed E-state index contributed by atoms with van der Waals surface area (Å²) in [6.07, 6.45) is 3.92. The minimum absolute atomic E-state index is 0.170. The Labute approximate surface area is 159 Å². The first kappa shape index (κ1) is 19.8. The second kappa shape index (κ2) is 7.98. The van der Waals surface area contributed by atoms with Gasteiger partial charge in [-0.15, -0.1) is 0 Å². The molecule has 0 radical (unpaired) electrons. The van der Waals surface area contributed by atoms with E-state index in [1.807, 2.05) is 0 Å². The molecule has 1 aromatic rings. The van der Waals surface area contributed by atoms with Crippen molar-refractivity contribution in [2.45, 2.75) is 60.6 Å². The largest absolute Gasteiger partial charge is 0.481 e. The first-order valence-corrected chi connectivity index (χ1v) is 10.8. The summed E-state index contributed by atoms with van der Waals surface area (Å²) in [7, 11) is -3.36.